The lowest BCUT2D eigenvalue weighted by Crippen LogP contribution is -2.18. The Morgan fingerprint density at radius 2 is 2.05 bits per heavy atom. The minimum absolute atomic E-state index is 0.174. The van der Waals surface area contributed by atoms with Crippen LogP contribution in [0.25, 0.3) is 0 Å². The number of alkyl halides is 3. The van der Waals surface area contributed by atoms with Gasteiger partial charge in [0.1, 0.15) is 0 Å². The van der Waals surface area contributed by atoms with Gasteiger partial charge in [-0.15, -0.1) is 10.2 Å². The summed E-state index contributed by atoms with van der Waals surface area (Å²) >= 11 is 2.56. The zero-order valence-electron chi connectivity index (χ0n) is 10.8. The van der Waals surface area contributed by atoms with Gasteiger partial charge in [-0.05, 0) is 17.9 Å². The first kappa shape index (κ1) is 15.8. The zero-order chi connectivity index (χ0) is 15.5. The molecule has 0 unspecified atom stereocenters. The number of anilines is 1. The van der Waals surface area contributed by atoms with Crippen LogP contribution < -0.4 is 5.32 Å². The molecular weight excluding hydrogens is 323 g/mol. The van der Waals surface area contributed by atoms with E-state index in [0.29, 0.717) is 4.34 Å². The van der Waals surface area contributed by atoms with Gasteiger partial charge in [-0.3, -0.25) is 10.1 Å². The standard InChI is InChI=1S/C12H10F3N3OS2/c1-2-20-11-18-17-10(21-11)16-9(19)7-5-3-4-6-8(7)12(13,14)15/h3-6H,2H2,1H3,(H,16,17,19). The molecule has 0 radical (unpaired) electrons. The summed E-state index contributed by atoms with van der Waals surface area (Å²) in [5.41, 5.74) is -1.42. The Bertz CT molecular complexity index is 643. The first-order valence-electron chi connectivity index (χ1n) is 5.85. The minimum atomic E-state index is -4.59. The number of nitrogens with zero attached hydrogens (tertiary/aromatic N) is 2. The van der Waals surface area contributed by atoms with Crippen molar-refractivity contribution in [3.05, 3.63) is 35.4 Å². The van der Waals surface area contributed by atoms with E-state index >= 15 is 0 Å². The van der Waals surface area contributed by atoms with Crippen molar-refractivity contribution in [2.45, 2.75) is 17.4 Å². The Balaban J connectivity index is 2.20. The van der Waals surface area contributed by atoms with Crippen LogP contribution in [0.15, 0.2) is 28.6 Å². The van der Waals surface area contributed by atoms with Gasteiger partial charge in [0.2, 0.25) is 5.13 Å². The number of benzene rings is 1. The molecule has 1 aromatic carbocycles. The van der Waals surface area contributed by atoms with E-state index in [9.17, 15) is 18.0 Å². The van der Waals surface area contributed by atoms with Crippen molar-refractivity contribution in [3.63, 3.8) is 0 Å². The highest BCUT2D eigenvalue weighted by Crippen LogP contribution is 2.32. The average Bonchev–Trinajstić information content (AvgIpc) is 2.85. The largest absolute Gasteiger partial charge is 0.417 e. The zero-order valence-corrected chi connectivity index (χ0v) is 12.4. The SMILES string of the molecule is CCSc1nnc(NC(=O)c2ccccc2C(F)(F)F)s1. The number of halogens is 3. The summed E-state index contributed by atoms with van der Waals surface area (Å²) in [6.07, 6.45) is -4.59. The number of carbonyl (C=O) groups is 1. The van der Waals surface area contributed by atoms with Crippen LogP contribution >= 0.6 is 23.1 Å². The van der Waals surface area contributed by atoms with E-state index < -0.39 is 23.2 Å². The van der Waals surface area contributed by atoms with Crippen LogP contribution in [0.1, 0.15) is 22.8 Å². The van der Waals surface area contributed by atoms with Crippen molar-refractivity contribution in [1.82, 2.24) is 10.2 Å². The molecule has 112 valence electrons. The van der Waals surface area contributed by atoms with Gasteiger partial charge in [0.15, 0.2) is 4.34 Å². The topological polar surface area (TPSA) is 54.9 Å². The quantitative estimate of drug-likeness (QED) is 0.680. The number of hydrogen-bond acceptors (Lipinski definition) is 5. The number of rotatable bonds is 4. The van der Waals surface area contributed by atoms with E-state index in [0.717, 1.165) is 29.2 Å². The molecule has 2 aromatic rings. The van der Waals surface area contributed by atoms with Crippen LogP contribution in [0.3, 0.4) is 0 Å². The number of nitrogens with one attached hydrogen (secondary N) is 1. The van der Waals surface area contributed by atoms with E-state index in [4.69, 9.17) is 0 Å². The number of hydrogen-bond donors (Lipinski definition) is 1. The lowest BCUT2D eigenvalue weighted by molar-refractivity contribution is -0.137. The van der Waals surface area contributed by atoms with Gasteiger partial charge in [0.25, 0.3) is 5.91 Å². The number of thioether (sulfide) groups is 1. The smallest absolute Gasteiger partial charge is 0.296 e. The van der Waals surface area contributed by atoms with E-state index in [1.54, 1.807) is 0 Å². The third kappa shape index (κ3) is 3.94. The predicted octanol–water partition coefficient (Wildman–Crippen LogP) is 3.92. The first-order chi connectivity index (χ1) is 9.91. The number of aromatic nitrogens is 2. The number of amides is 1. The van der Waals surface area contributed by atoms with Crippen LogP contribution in [0.5, 0.6) is 0 Å². The lowest BCUT2D eigenvalue weighted by atomic mass is 10.1. The molecule has 2 rings (SSSR count). The molecule has 1 amide bonds. The van der Waals surface area contributed by atoms with Crippen molar-refractivity contribution in [2.75, 3.05) is 11.1 Å². The highest BCUT2D eigenvalue weighted by Gasteiger charge is 2.34. The molecule has 1 aromatic heterocycles. The third-order valence-corrected chi connectivity index (χ3v) is 4.23. The fourth-order valence-corrected chi connectivity index (χ4v) is 3.18. The molecule has 1 heterocycles. The normalized spacial score (nSPS) is 11.4. The Labute approximate surface area is 126 Å². The second kappa shape index (κ2) is 6.44. The molecule has 9 heteroatoms. The molecule has 0 saturated carbocycles. The van der Waals surface area contributed by atoms with Crippen molar-refractivity contribution >= 4 is 34.1 Å². The van der Waals surface area contributed by atoms with Gasteiger partial charge >= 0.3 is 6.18 Å². The molecule has 4 nitrogen and oxygen atoms in total. The predicted molar refractivity (Wildman–Crippen MR) is 75.7 cm³/mol. The van der Waals surface area contributed by atoms with E-state index in [1.807, 2.05) is 6.92 Å². The maximum absolute atomic E-state index is 12.8. The highest BCUT2D eigenvalue weighted by molar-refractivity contribution is 8.01. The molecule has 21 heavy (non-hydrogen) atoms. The highest BCUT2D eigenvalue weighted by atomic mass is 32.2. The molecule has 1 N–H and O–H groups in total. The fraction of sp³-hybridized carbons (Fsp3) is 0.250. The van der Waals surface area contributed by atoms with E-state index in [-0.39, 0.29) is 5.13 Å². The Morgan fingerprint density at radius 3 is 2.71 bits per heavy atom. The summed E-state index contributed by atoms with van der Waals surface area (Å²) < 4.78 is 39.2. The molecule has 0 aliphatic rings. The van der Waals surface area contributed by atoms with Gasteiger partial charge in [-0.25, -0.2) is 0 Å². The fourth-order valence-electron chi connectivity index (χ4n) is 1.53. The van der Waals surface area contributed by atoms with Gasteiger partial charge in [-0.2, -0.15) is 13.2 Å². The maximum Gasteiger partial charge on any atom is 0.417 e. The second-order valence-corrected chi connectivity index (χ2v) is 6.29. The average molecular weight is 333 g/mol. The third-order valence-electron chi connectivity index (χ3n) is 2.37. The Hall–Kier alpha value is -1.61. The summed E-state index contributed by atoms with van der Waals surface area (Å²) in [5, 5.41) is 10.1. The molecule has 0 fully saturated rings. The monoisotopic (exact) mass is 333 g/mol. The van der Waals surface area contributed by atoms with Crippen LogP contribution in [0, 0.1) is 0 Å². The summed E-state index contributed by atoms with van der Waals surface area (Å²) in [5.74, 6) is -0.0634. The van der Waals surface area contributed by atoms with Crippen molar-refractivity contribution in [1.29, 1.82) is 0 Å². The Kier molecular flexibility index (Phi) is 4.84. The van der Waals surface area contributed by atoms with E-state index in [2.05, 4.69) is 15.5 Å². The summed E-state index contributed by atoms with van der Waals surface area (Å²) in [6, 6.07) is 4.61. The molecule has 0 bridgehead atoms. The molecule has 0 aliphatic heterocycles. The minimum Gasteiger partial charge on any atom is -0.296 e. The van der Waals surface area contributed by atoms with Crippen LogP contribution in [0.4, 0.5) is 18.3 Å². The summed E-state index contributed by atoms with van der Waals surface area (Å²) in [6.45, 7) is 1.93. The molecule has 0 spiro atoms. The summed E-state index contributed by atoms with van der Waals surface area (Å²) in [7, 11) is 0. The van der Waals surface area contributed by atoms with Crippen molar-refractivity contribution in [3.8, 4) is 0 Å². The molecule has 0 saturated heterocycles. The van der Waals surface area contributed by atoms with Crippen LogP contribution in [-0.2, 0) is 6.18 Å². The maximum atomic E-state index is 12.8. The second-order valence-electron chi connectivity index (χ2n) is 3.80. The molecule has 0 atom stereocenters. The van der Waals surface area contributed by atoms with Gasteiger partial charge in [-0.1, -0.05) is 42.2 Å². The van der Waals surface area contributed by atoms with Gasteiger partial charge in [0, 0.05) is 0 Å². The van der Waals surface area contributed by atoms with Gasteiger partial charge in [0.05, 0.1) is 11.1 Å². The first-order valence-corrected chi connectivity index (χ1v) is 7.66. The Morgan fingerprint density at radius 1 is 1.33 bits per heavy atom. The number of carbonyl (C=O) groups excluding carboxylic acids is 1. The summed E-state index contributed by atoms with van der Waals surface area (Å²) in [4.78, 5) is 12.0. The molecule has 0 aliphatic carbocycles. The van der Waals surface area contributed by atoms with Gasteiger partial charge < -0.3 is 0 Å². The van der Waals surface area contributed by atoms with Crippen LogP contribution in [0.2, 0.25) is 0 Å². The molecular formula is C12H10F3N3OS2. The van der Waals surface area contributed by atoms with Crippen molar-refractivity contribution < 1.29 is 18.0 Å². The van der Waals surface area contributed by atoms with E-state index in [1.165, 1.54) is 23.9 Å². The van der Waals surface area contributed by atoms with Crippen LogP contribution in [-0.4, -0.2) is 21.9 Å². The van der Waals surface area contributed by atoms with Crippen molar-refractivity contribution in [2.24, 2.45) is 0 Å². The lowest BCUT2D eigenvalue weighted by Gasteiger charge is -2.11.